The standard InChI is InChI=1S/C22H23N5O2/c28-19(11-6-14-23-22(29)16-12-13-16)24-18-10-5-4-9-17(18)21-25-20(26-27-21)15-7-2-1-3-8-15/h1-5,7-10,16H,6,11-14H2,(H,23,29)(H,24,28)(H,25,26,27). The van der Waals surface area contributed by atoms with E-state index in [1.54, 1.807) is 0 Å². The Morgan fingerprint density at radius 2 is 1.79 bits per heavy atom. The first-order chi connectivity index (χ1) is 14.2. The average Bonchev–Trinajstić information content (AvgIpc) is 3.49. The fourth-order valence-corrected chi connectivity index (χ4v) is 3.06. The van der Waals surface area contributed by atoms with Gasteiger partial charge in [-0.1, -0.05) is 42.5 Å². The molecular weight excluding hydrogens is 366 g/mol. The monoisotopic (exact) mass is 389 g/mol. The highest BCUT2D eigenvalue weighted by Crippen LogP contribution is 2.29. The normalized spacial score (nSPS) is 13.1. The molecule has 1 fully saturated rings. The first kappa shape index (κ1) is 18.9. The van der Waals surface area contributed by atoms with Gasteiger partial charge >= 0.3 is 0 Å². The van der Waals surface area contributed by atoms with Crippen molar-refractivity contribution in [3.63, 3.8) is 0 Å². The Hall–Kier alpha value is -3.48. The van der Waals surface area contributed by atoms with Gasteiger partial charge in [0.15, 0.2) is 11.6 Å². The Labute approximate surface area is 168 Å². The minimum atomic E-state index is -0.0964. The molecule has 148 valence electrons. The summed E-state index contributed by atoms with van der Waals surface area (Å²) in [5.74, 6) is 1.40. The van der Waals surface area contributed by atoms with Crippen molar-refractivity contribution in [2.75, 3.05) is 11.9 Å². The van der Waals surface area contributed by atoms with Gasteiger partial charge in [0.05, 0.1) is 5.69 Å². The van der Waals surface area contributed by atoms with E-state index in [-0.39, 0.29) is 17.7 Å². The van der Waals surface area contributed by atoms with Gasteiger partial charge in [0, 0.05) is 30.0 Å². The van der Waals surface area contributed by atoms with E-state index in [9.17, 15) is 9.59 Å². The second kappa shape index (κ2) is 8.68. The van der Waals surface area contributed by atoms with Crippen molar-refractivity contribution in [2.24, 2.45) is 5.92 Å². The predicted molar refractivity (Wildman–Crippen MR) is 111 cm³/mol. The number of aromatic amines is 1. The van der Waals surface area contributed by atoms with Crippen molar-refractivity contribution in [1.29, 1.82) is 0 Å². The maximum atomic E-state index is 12.3. The van der Waals surface area contributed by atoms with E-state index >= 15 is 0 Å². The Balaban J connectivity index is 1.37. The highest BCUT2D eigenvalue weighted by molar-refractivity contribution is 5.94. The van der Waals surface area contributed by atoms with Gasteiger partial charge < -0.3 is 10.6 Å². The van der Waals surface area contributed by atoms with E-state index in [0.29, 0.717) is 36.7 Å². The molecule has 1 heterocycles. The van der Waals surface area contributed by atoms with Crippen LogP contribution in [0.15, 0.2) is 54.6 Å². The first-order valence-electron chi connectivity index (χ1n) is 9.85. The lowest BCUT2D eigenvalue weighted by Gasteiger charge is -2.09. The Morgan fingerprint density at radius 3 is 2.59 bits per heavy atom. The summed E-state index contributed by atoms with van der Waals surface area (Å²) in [6.45, 7) is 0.521. The maximum absolute atomic E-state index is 12.3. The zero-order valence-electron chi connectivity index (χ0n) is 16.0. The molecule has 0 aliphatic heterocycles. The third-order valence-corrected chi connectivity index (χ3v) is 4.80. The topological polar surface area (TPSA) is 99.8 Å². The van der Waals surface area contributed by atoms with Gasteiger partial charge in [-0.2, -0.15) is 5.10 Å². The molecule has 0 atom stereocenters. The number of para-hydroxylation sites is 1. The summed E-state index contributed by atoms with van der Waals surface area (Å²) < 4.78 is 0. The lowest BCUT2D eigenvalue weighted by Crippen LogP contribution is -2.26. The Bertz CT molecular complexity index is 995. The first-order valence-corrected chi connectivity index (χ1v) is 9.85. The zero-order valence-corrected chi connectivity index (χ0v) is 16.0. The Kier molecular flexibility index (Phi) is 5.65. The number of amides is 2. The van der Waals surface area contributed by atoms with Crippen molar-refractivity contribution >= 4 is 17.5 Å². The van der Waals surface area contributed by atoms with Crippen LogP contribution in [0.1, 0.15) is 25.7 Å². The van der Waals surface area contributed by atoms with E-state index in [0.717, 1.165) is 24.0 Å². The molecule has 1 aliphatic rings. The van der Waals surface area contributed by atoms with Crippen LogP contribution < -0.4 is 10.6 Å². The van der Waals surface area contributed by atoms with Crippen molar-refractivity contribution in [3.8, 4) is 22.8 Å². The SMILES string of the molecule is O=C(CCCNC(=O)C1CC1)Nc1ccccc1-c1nc(-c2ccccc2)n[nH]1. The summed E-state index contributed by atoms with van der Waals surface area (Å²) in [7, 11) is 0. The van der Waals surface area contributed by atoms with E-state index < -0.39 is 0 Å². The molecule has 0 saturated heterocycles. The highest BCUT2D eigenvalue weighted by Gasteiger charge is 2.29. The van der Waals surface area contributed by atoms with Crippen LogP contribution in [-0.2, 0) is 9.59 Å². The van der Waals surface area contributed by atoms with Crippen molar-refractivity contribution in [1.82, 2.24) is 20.5 Å². The summed E-state index contributed by atoms with van der Waals surface area (Å²) in [6.07, 6.45) is 2.91. The fraction of sp³-hybridized carbons (Fsp3) is 0.273. The molecule has 4 rings (SSSR count). The van der Waals surface area contributed by atoms with Crippen LogP contribution in [0.25, 0.3) is 22.8 Å². The van der Waals surface area contributed by atoms with Crippen LogP contribution in [0.3, 0.4) is 0 Å². The molecule has 7 nitrogen and oxygen atoms in total. The van der Waals surface area contributed by atoms with Crippen LogP contribution in [-0.4, -0.2) is 33.5 Å². The predicted octanol–water partition coefficient (Wildman–Crippen LogP) is 3.38. The van der Waals surface area contributed by atoms with Gasteiger partial charge in [-0.25, -0.2) is 4.98 Å². The molecule has 1 saturated carbocycles. The molecule has 0 spiro atoms. The molecule has 2 amide bonds. The van der Waals surface area contributed by atoms with E-state index in [2.05, 4.69) is 25.8 Å². The molecule has 29 heavy (non-hydrogen) atoms. The third-order valence-electron chi connectivity index (χ3n) is 4.80. The molecule has 3 N–H and O–H groups in total. The summed E-state index contributed by atoms with van der Waals surface area (Å²) >= 11 is 0. The largest absolute Gasteiger partial charge is 0.356 e. The van der Waals surface area contributed by atoms with E-state index in [1.165, 1.54) is 0 Å². The van der Waals surface area contributed by atoms with Crippen LogP contribution in [0, 0.1) is 5.92 Å². The number of hydrogen-bond acceptors (Lipinski definition) is 4. The quantitative estimate of drug-likeness (QED) is 0.514. The minimum absolute atomic E-state index is 0.0964. The van der Waals surface area contributed by atoms with Crippen LogP contribution >= 0.6 is 0 Å². The fourth-order valence-electron chi connectivity index (χ4n) is 3.06. The van der Waals surface area contributed by atoms with Gasteiger partial charge in [0.2, 0.25) is 11.8 Å². The number of anilines is 1. The number of nitrogens with zero attached hydrogens (tertiary/aromatic N) is 2. The second-order valence-corrected chi connectivity index (χ2v) is 7.14. The molecule has 7 heteroatoms. The smallest absolute Gasteiger partial charge is 0.224 e. The molecule has 0 radical (unpaired) electrons. The number of hydrogen-bond donors (Lipinski definition) is 3. The van der Waals surface area contributed by atoms with Crippen LogP contribution in [0.4, 0.5) is 5.69 Å². The molecule has 3 aromatic rings. The summed E-state index contributed by atoms with van der Waals surface area (Å²) in [5.41, 5.74) is 2.37. The number of carbonyl (C=O) groups excluding carboxylic acids is 2. The van der Waals surface area contributed by atoms with Gasteiger partial charge in [-0.3, -0.25) is 14.7 Å². The van der Waals surface area contributed by atoms with Gasteiger partial charge in [-0.15, -0.1) is 0 Å². The van der Waals surface area contributed by atoms with Crippen molar-refractivity contribution < 1.29 is 9.59 Å². The van der Waals surface area contributed by atoms with Crippen molar-refractivity contribution in [3.05, 3.63) is 54.6 Å². The second-order valence-electron chi connectivity index (χ2n) is 7.14. The average molecular weight is 389 g/mol. The van der Waals surface area contributed by atoms with Gasteiger partial charge in [0.1, 0.15) is 0 Å². The van der Waals surface area contributed by atoms with Crippen LogP contribution in [0.5, 0.6) is 0 Å². The highest BCUT2D eigenvalue weighted by atomic mass is 16.2. The molecule has 1 aliphatic carbocycles. The number of carbonyl (C=O) groups is 2. The number of rotatable bonds is 8. The lowest BCUT2D eigenvalue weighted by atomic mass is 10.1. The molecule has 0 bridgehead atoms. The minimum Gasteiger partial charge on any atom is -0.356 e. The van der Waals surface area contributed by atoms with Crippen LogP contribution in [0.2, 0.25) is 0 Å². The van der Waals surface area contributed by atoms with Crippen molar-refractivity contribution in [2.45, 2.75) is 25.7 Å². The lowest BCUT2D eigenvalue weighted by molar-refractivity contribution is -0.122. The molecule has 2 aromatic carbocycles. The number of nitrogens with one attached hydrogen (secondary N) is 3. The summed E-state index contributed by atoms with van der Waals surface area (Å²) in [5, 5.41) is 13.1. The molecular formula is C22H23N5O2. The number of aromatic nitrogens is 3. The Morgan fingerprint density at radius 1 is 1.03 bits per heavy atom. The van der Waals surface area contributed by atoms with E-state index in [1.807, 2.05) is 54.6 Å². The number of benzene rings is 2. The number of H-pyrrole nitrogens is 1. The van der Waals surface area contributed by atoms with Gasteiger partial charge in [0.25, 0.3) is 0 Å². The summed E-state index contributed by atoms with van der Waals surface area (Å²) in [6, 6.07) is 17.2. The maximum Gasteiger partial charge on any atom is 0.224 e. The third kappa shape index (κ3) is 4.87. The summed E-state index contributed by atoms with van der Waals surface area (Å²) in [4.78, 5) is 28.5. The molecule has 1 aromatic heterocycles. The van der Waals surface area contributed by atoms with Gasteiger partial charge in [-0.05, 0) is 31.4 Å². The van der Waals surface area contributed by atoms with E-state index in [4.69, 9.17) is 0 Å². The molecule has 0 unspecified atom stereocenters. The zero-order chi connectivity index (χ0) is 20.1.